The third kappa shape index (κ3) is 4.72. The molecule has 0 aliphatic carbocycles. The van der Waals surface area contributed by atoms with Crippen LogP contribution in [-0.2, 0) is 6.54 Å². The molecule has 3 heteroatoms. The van der Waals surface area contributed by atoms with Crippen LogP contribution in [0, 0.1) is 0 Å². The van der Waals surface area contributed by atoms with Crippen molar-refractivity contribution >= 4 is 6.08 Å². The Hall–Kier alpha value is -2.13. The molecule has 0 saturated heterocycles. The number of para-hydroxylation sites is 1. The second kappa shape index (κ2) is 8.22. The van der Waals surface area contributed by atoms with Gasteiger partial charge in [0, 0.05) is 18.2 Å². The van der Waals surface area contributed by atoms with Gasteiger partial charge in [0.2, 0.25) is 5.88 Å². The van der Waals surface area contributed by atoms with E-state index in [1.54, 1.807) is 0 Å². The van der Waals surface area contributed by atoms with E-state index >= 15 is 0 Å². The number of hydrogen-bond donors (Lipinski definition) is 1. The molecule has 1 N–H and O–H groups in total. The molecule has 21 heavy (non-hydrogen) atoms. The first-order valence-corrected chi connectivity index (χ1v) is 7.39. The highest BCUT2D eigenvalue weighted by Crippen LogP contribution is 2.25. The predicted molar refractivity (Wildman–Crippen MR) is 87.5 cm³/mol. The lowest BCUT2D eigenvalue weighted by atomic mass is 10.2. The number of nitrogens with zero attached hydrogens (tertiary/aromatic N) is 1. The maximum Gasteiger partial charge on any atom is 0.219 e. The van der Waals surface area contributed by atoms with E-state index in [1.807, 2.05) is 61.5 Å². The number of nitrogens with one attached hydrogen (secondary N) is 1. The summed E-state index contributed by atoms with van der Waals surface area (Å²) in [6.45, 7) is 5.91. The molecule has 3 nitrogen and oxygen atoms in total. The molecule has 0 fully saturated rings. The van der Waals surface area contributed by atoms with E-state index in [4.69, 9.17) is 4.74 Å². The summed E-state index contributed by atoms with van der Waals surface area (Å²) in [6, 6.07) is 13.8. The number of pyridine rings is 1. The van der Waals surface area contributed by atoms with E-state index in [9.17, 15) is 0 Å². The fourth-order valence-corrected chi connectivity index (χ4v) is 2.01. The van der Waals surface area contributed by atoms with Crippen molar-refractivity contribution in [3.8, 4) is 11.6 Å². The summed E-state index contributed by atoms with van der Waals surface area (Å²) in [7, 11) is 0. The van der Waals surface area contributed by atoms with Gasteiger partial charge in [-0.2, -0.15) is 0 Å². The molecule has 0 radical (unpaired) electrons. The largest absolute Gasteiger partial charge is 0.438 e. The van der Waals surface area contributed by atoms with E-state index in [-0.39, 0.29) is 0 Å². The Kier molecular flexibility index (Phi) is 5.98. The molecule has 0 amide bonds. The lowest BCUT2D eigenvalue weighted by molar-refractivity contribution is 0.458. The standard InChI is InChI=1S/C18H22N2O/c1-3-8-15-9-5-6-11-17(15)21-18-12-7-10-16(20-18)14-19-13-4-2/h3,5-12,19H,4,13-14H2,1-2H3. The van der Waals surface area contributed by atoms with Crippen LogP contribution in [0.3, 0.4) is 0 Å². The molecule has 1 aromatic carbocycles. The molecule has 0 saturated carbocycles. The molecular formula is C18H22N2O. The Morgan fingerprint density at radius 3 is 2.81 bits per heavy atom. The Balaban J connectivity index is 2.11. The average Bonchev–Trinajstić information content (AvgIpc) is 2.50. The molecule has 110 valence electrons. The molecule has 0 unspecified atom stereocenters. The van der Waals surface area contributed by atoms with Crippen LogP contribution in [0.25, 0.3) is 6.08 Å². The number of allylic oxidation sites excluding steroid dienone is 1. The number of benzene rings is 1. The van der Waals surface area contributed by atoms with E-state index in [1.165, 1.54) is 0 Å². The minimum Gasteiger partial charge on any atom is -0.438 e. The summed E-state index contributed by atoms with van der Waals surface area (Å²) < 4.78 is 5.92. The van der Waals surface area contributed by atoms with E-state index in [0.29, 0.717) is 5.88 Å². The van der Waals surface area contributed by atoms with Gasteiger partial charge < -0.3 is 10.1 Å². The second-order valence-corrected chi connectivity index (χ2v) is 4.78. The van der Waals surface area contributed by atoms with E-state index in [0.717, 1.165) is 36.5 Å². The summed E-state index contributed by atoms with van der Waals surface area (Å²) in [4.78, 5) is 4.53. The first kappa shape index (κ1) is 15.3. The normalized spacial score (nSPS) is 11.0. The number of ether oxygens (including phenoxy) is 1. The number of hydrogen-bond acceptors (Lipinski definition) is 3. The fourth-order valence-electron chi connectivity index (χ4n) is 2.01. The van der Waals surface area contributed by atoms with Crippen molar-refractivity contribution in [2.24, 2.45) is 0 Å². The van der Waals surface area contributed by atoms with Gasteiger partial charge in [0.15, 0.2) is 0 Å². The summed E-state index contributed by atoms with van der Waals surface area (Å²) in [5, 5.41) is 3.34. The topological polar surface area (TPSA) is 34.1 Å². The maximum atomic E-state index is 5.92. The van der Waals surface area contributed by atoms with Crippen molar-refractivity contribution in [1.82, 2.24) is 10.3 Å². The zero-order valence-corrected chi connectivity index (χ0v) is 12.7. The molecule has 0 aliphatic rings. The number of rotatable bonds is 7. The highest BCUT2D eigenvalue weighted by molar-refractivity contribution is 5.57. The summed E-state index contributed by atoms with van der Waals surface area (Å²) in [5.41, 5.74) is 2.04. The van der Waals surface area contributed by atoms with Crippen molar-refractivity contribution in [3.63, 3.8) is 0 Å². The highest BCUT2D eigenvalue weighted by Gasteiger charge is 2.03. The third-order valence-electron chi connectivity index (χ3n) is 2.99. The minimum atomic E-state index is 0.628. The van der Waals surface area contributed by atoms with Gasteiger partial charge in [-0.05, 0) is 32.0 Å². The zero-order valence-electron chi connectivity index (χ0n) is 12.7. The van der Waals surface area contributed by atoms with Gasteiger partial charge in [0.25, 0.3) is 0 Å². The Morgan fingerprint density at radius 1 is 1.14 bits per heavy atom. The van der Waals surface area contributed by atoms with Crippen LogP contribution in [0.1, 0.15) is 31.5 Å². The van der Waals surface area contributed by atoms with Gasteiger partial charge in [0.1, 0.15) is 5.75 Å². The monoisotopic (exact) mass is 282 g/mol. The SMILES string of the molecule is CC=Cc1ccccc1Oc1cccc(CNCCC)n1. The first-order valence-electron chi connectivity index (χ1n) is 7.39. The van der Waals surface area contributed by atoms with E-state index < -0.39 is 0 Å². The molecule has 0 aliphatic heterocycles. The number of aromatic nitrogens is 1. The van der Waals surface area contributed by atoms with Crippen molar-refractivity contribution < 1.29 is 4.74 Å². The molecule has 1 heterocycles. The molecule has 0 atom stereocenters. The summed E-state index contributed by atoms with van der Waals surface area (Å²) >= 11 is 0. The average molecular weight is 282 g/mol. The quantitative estimate of drug-likeness (QED) is 0.764. The van der Waals surface area contributed by atoms with Crippen molar-refractivity contribution in [2.75, 3.05) is 6.54 Å². The van der Waals surface area contributed by atoms with Gasteiger partial charge in [0.05, 0.1) is 5.69 Å². The van der Waals surface area contributed by atoms with Gasteiger partial charge in [-0.25, -0.2) is 4.98 Å². The lowest BCUT2D eigenvalue weighted by Crippen LogP contribution is -2.14. The van der Waals surface area contributed by atoms with Crippen molar-refractivity contribution in [3.05, 3.63) is 59.8 Å². The summed E-state index contributed by atoms with van der Waals surface area (Å²) in [6.07, 6.45) is 5.15. The van der Waals surface area contributed by atoms with Crippen LogP contribution in [0.2, 0.25) is 0 Å². The van der Waals surface area contributed by atoms with Crippen molar-refractivity contribution in [1.29, 1.82) is 0 Å². The molecule has 2 aromatic rings. The minimum absolute atomic E-state index is 0.628. The molecule has 0 spiro atoms. The van der Waals surface area contributed by atoms with Crippen LogP contribution in [-0.4, -0.2) is 11.5 Å². The van der Waals surface area contributed by atoms with Crippen LogP contribution in [0.4, 0.5) is 0 Å². The van der Waals surface area contributed by atoms with Crippen molar-refractivity contribution in [2.45, 2.75) is 26.8 Å². The first-order chi connectivity index (χ1) is 10.3. The van der Waals surface area contributed by atoms with Crippen LogP contribution >= 0.6 is 0 Å². The van der Waals surface area contributed by atoms with Crippen LogP contribution in [0.5, 0.6) is 11.6 Å². The molecule has 1 aromatic heterocycles. The van der Waals surface area contributed by atoms with Crippen LogP contribution < -0.4 is 10.1 Å². The Bertz CT molecular complexity index is 593. The lowest BCUT2D eigenvalue weighted by Gasteiger charge is -2.09. The Morgan fingerprint density at radius 2 is 2.00 bits per heavy atom. The zero-order chi connectivity index (χ0) is 14.9. The summed E-state index contributed by atoms with van der Waals surface area (Å²) in [5.74, 6) is 1.45. The molecule has 2 rings (SSSR count). The van der Waals surface area contributed by atoms with Gasteiger partial charge in [-0.15, -0.1) is 0 Å². The third-order valence-corrected chi connectivity index (χ3v) is 2.99. The Labute approximate surface area is 126 Å². The predicted octanol–water partition coefficient (Wildman–Crippen LogP) is 4.41. The van der Waals surface area contributed by atoms with Gasteiger partial charge >= 0.3 is 0 Å². The molecule has 0 bridgehead atoms. The van der Waals surface area contributed by atoms with Crippen LogP contribution in [0.15, 0.2) is 48.5 Å². The van der Waals surface area contributed by atoms with E-state index in [2.05, 4.69) is 17.2 Å². The highest BCUT2D eigenvalue weighted by atomic mass is 16.5. The fraction of sp³-hybridized carbons (Fsp3) is 0.278. The smallest absolute Gasteiger partial charge is 0.219 e. The second-order valence-electron chi connectivity index (χ2n) is 4.78. The van der Waals surface area contributed by atoms with Gasteiger partial charge in [-0.3, -0.25) is 0 Å². The maximum absolute atomic E-state index is 5.92. The van der Waals surface area contributed by atoms with Gasteiger partial charge in [-0.1, -0.05) is 43.3 Å². The molecular weight excluding hydrogens is 260 g/mol.